The van der Waals surface area contributed by atoms with Crippen molar-refractivity contribution in [2.24, 2.45) is 0 Å². The smallest absolute Gasteiger partial charge is 0.170 e. The lowest BCUT2D eigenvalue weighted by molar-refractivity contribution is 0.302. The lowest BCUT2D eigenvalue weighted by Crippen LogP contribution is -2.30. The van der Waals surface area contributed by atoms with E-state index in [1.165, 1.54) is 0 Å². The molecule has 1 N–H and O–H groups in total. The molecule has 1 fully saturated rings. The maximum absolute atomic E-state index is 5.84. The maximum Gasteiger partial charge on any atom is 0.170 e. The minimum absolute atomic E-state index is 0.0450. The molecule has 0 saturated carbocycles. The van der Waals surface area contributed by atoms with Crippen molar-refractivity contribution in [3.8, 4) is 11.4 Å². The van der Waals surface area contributed by atoms with Gasteiger partial charge in [0.1, 0.15) is 5.75 Å². The van der Waals surface area contributed by atoms with Crippen LogP contribution in [0.4, 0.5) is 0 Å². The molecule has 33 heavy (non-hydrogen) atoms. The Bertz CT molecular complexity index is 1240. The maximum atomic E-state index is 5.84. The predicted molar refractivity (Wildman–Crippen MR) is 132 cm³/mol. The molecule has 0 aliphatic carbocycles. The van der Waals surface area contributed by atoms with Gasteiger partial charge in [-0.05, 0) is 85.4 Å². The lowest BCUT2D eigenvalue weighted by Gasteiger charge is -2.29. The van der Waals surface area contributed by atoms with Crippen LogP contribution in [0.15, 0.2) is 85.3 Å². The summed E-state index contributed by atoms with van der Waals surface area (Å²) in [5, 5.41) is 4.26. The summed E-state index contributed by atoms with van der Waals surface area (Å²) in [4.78, 5) is 11.1. The molecular weight excluding hydrogens is 430 g/mol. The molecule has 1 aromatic carbocycles. The predicted octanol–water partition coefficient (Wildman–Crippen LogP) is 4.76. The van der Waals surface area contributed by atoms with Gasteiger partial charge in [0.05, 0.1) is 24.9 Å². The number of aromatic nitrogens is 3. The lowest BCUT2D eigenvalue weighted by atomic mass is 10.0. The molecule has 1 aliphatic heterocycles. The van der Waals surface area contributed by atoms with Gasteiger partial charge in [-0.2, -0.15) is 0 Å². The molecule has 1 saturated heterocycles. The number of benzene rings is 1. The minimum atomic E-state index is -0.0770. The number of methoxy groups -OCH3 is 1. The zero-order chi connectivity index (χ0) is 22.8. The molecular formula is C26H25N5OS. The first kappa shape index (κ1) is 21.2. The number of hydrogen-bond donors (Lipinski definition) is 1. The SMILES string of the molecule is COc1ccc(-n2c(C)ccc2C2C(c3ccccn3)NC(=S)N2Cc2ccncc2)cc1. The number of nitrogens with zero attached hydrogens (tertiary/aromatic N) is 4. The van der Waals surface area contributed by atoms with Crippen molar-refractivity contribution >= 4 is 17.3 Å². The van der Waals surface area contributed by atoms with Crippen LogP contribution in [0.5, 0.6) is 5.75 Å². The summed E-state index contributed by atoms with van der Waals surface area (Å²) in [7, 11) is 1.68. The second kappa shape index (κ2) is 9.03. The van der Waals surface area contributed by atoms with Crippen LogP contribution in [0, 0.1) is 6.92 Å². The zero-order valence-corrected chi connectivity index (χ0v) is 19.4. The number of pyridine rings is 2. The van der Waals surface area contributed by atoms with Crippen molar-refractivity contribution in [2.45, 2.75) is 25.6 Å². The van der Waals surface area contributed by atoms with E-state index in [-0.39, 0.29) is 12.1 Å². The third kappa shape index (κ3) is 4.07. The normalized spacial score (nSPS) is 17.8. The van der Waals surface area contributed by atoms with Crippen LogP contribution < -0.4 is 10.1 Å². The van der Waals surface area contributed by atoms with Crippen molar-refractivity contribution in [2.75, 3.05) is 7.11 Å². The van der Waals surface area contributed by atoms with Gasteiger partial charge < -0.3 is 19.5 Å². The molecule has 0 radical (unpaired) electrons. The molecule has 7 heteroatoms. The van der Waals surface area contributed by atoms with E-state index in [0.717, 1.165) is 34.1 Å². The first-order chi connectivity index (χ1) is 16.2. The summed E-state index contributed by atoms with van der Waals surface area (Å²) < 4.78 is 7.65. The molecule has 2 atom stereocenters. The van der Waals surface area contributed by atoms with E-state index in [1.54, 1.807) is 7.11 Å². The topological polar surface area (TPSA) is 55.2 Å². The highest BCUT2D eigenvalue weighted by Gasteiger charge is 2.41. The van der Waals surface area contributed by atoms with Gasteiger partial charge in [0, 0.05) is 42.2 Å². The van der Waals surface area contributed by atoms with E-state index in [9.17, 15) is 0 Å². The zero-order valence-electron chi connectivity index (χ0n) is 18.6. The van der Waals surface area contributed by atoms with Crippen molar-refractivity contribution in [3.05, 3.63) is 108 Å². The quantitative estimate of drug-likeness (QED) is 0.423. The van der Waals surface area contributed by atoms with Crippen LogP contribution in [-0.4, -0.2) is 31.7 Å². The number of rotatable bonds is 6. The Hall–Kier alpha value is -3.71. The summed E-state index contributed by atoms with van der Waals surface area (Å²) in [5.41, 5.74) is 5.49. The number of nitrogens with one attached hydrogen (secondary N) is 1. The first-order valence-electron chi connectivity index (χ1n) is 10.9. The average molecular weight is 456 g/mol. The first-order valence-corrected chi connectivity index (χ1v) is 11.3. The number of aryl methyl sites for hydroxylation is 1. The van der Waals surface area contributed by atoms with Crippen LogP contribution in [0.25, 0.3) is 5.69 Å². The van der Waals surface area contributed by atoms with Crippen molar-refractivity contribution in [1.82, 2.24) is 24.8 Å². The molecule has 4 aromatic rings. The third-order valence-corrected chi connectivity index (χ3v) is 6.39. The summed E-state index contributed by atoms with van der Waals surface area (Å²) in [6.07, 6.45) is 5.46. The summed E-state index contributed by atoms with van der Waals surface area (Å²) in [6.45, 7) is 2.80. The highest BCUT2D eigenvalue weighted by atomic mass is 32.1. The van der Waals surface area contributed by atoms with Crippen LogP contribution >= 0.6 is 12.2 Å². The molecule has 0 spiro atoms. The Morgan fingerprint density at radius 3 is 2.45 bits per heavy atom. The van der Waals surface area contributed by atoms with E-state index in [4.69, 9.17) is 17.0 Å². The number of thiocarbonyl (C=S) groups is 1. The Morgan fingerprint density at radius 2 is 1.76 bits per heavy atom. The molecule has 0 amide bonds. The van der Waals surface area contributed by atoms with Crippen LogP contribution in [-0.2, 0) is 6.54 Å². The Morgan fingerprint density at radius 1 is 0.970 bits per heavy atom. The standard InChI is InChI=1S/C26H25N5OS/c1-18-6-11-23(31(18)20-7-9-21(32-2)10-8-20)25-24(22-5-3-4-14-28-22)29-26(33)30(25)17-19-12-15-27-16-13-19/h3-16,24-25H,17H2,1-2H3,(H,29,33). The van der Waals surface area contributed by atoms with Gasteiger partial charge in [0.2, 0.25) is 0 Å². The van der Waals surface area contributed by atoms with Gasteiger partial charge in [-0.25, -0.2) is 0 Å². The molecule has 4 heterocycles. The van der Waals surface area contributed by atoms with Gasteiger partial charge >= 0.3 is 0 Å². The minimum Gasteiger partial charge on any atom is -0.497 e. The fourth-order valence-electron chi connectivity index (χ4n) is 4.46. The summed E-state index contributed by atoms with van der Waals surface area (Å²) in [5.74, 6) is 0.833. The Balaban J connectivity index is 1.62. The highest BCUT2D eigenvalue weighted by molar-refractivity contribution is 7.80. The Kier molecular flexibility index (Phi) is 5.79. The van der Waals surface area contributed by atoms with Gasteiger partial charge in [-0.15, -0.1) is 0 Å². The molecule has 0 bridgehead atoms. The summed E-state index contributed by atoms with van der Waals surface area (Å²) in [6, 6.07) is 22.4. The second-order valence-electron chi connectivity index (χ2n) is 8.04. The van der Waals surface area contributed by atoms with Crippen LogP contribution in [0.2, 0.25) is 0 Å². The summed E-state index contributed by atoms with van der Waals surface area (Å²) >= 11 is 5.84. The third-order valence-electron chi connectivity index (χ3n) is 6.04. The van der Waals surface area contributed by atoms with Gasteiger partial charge in [-0.1, -0.05) is 6.07 Å². The largest absolute Gasteiger partial charge is 0.497 e. The highest BCUT2D eigenvalue weighted by Crippen LogP contribution is 2.41. The van der Waals surface area contributed by atoms with Crippen molar-refractivity contribution < 1.29 is 4.74 Å². The van der Waals surface area contributed by atoms with Crippen molar-refractivity contribution in [1.29, 1.82) is 0 Å². The number of hydrogen-bond acceptors (Lipinski definition) is 4. The molecule has 6 nitrogen and oxygen atoms in total. The van der Waals surface area contributed by atoms with Gasteiger partial charge in [0.25, 0.3) is 0 Å². The van der Waals surface area contributed by atoms with Crippen molar-refractivity contribution in [3.63, 3.8) is 0 Å². The molecule has 5 rings (SSSR count). The van der Waals surface area contributed by atoms with Crippen LogP contribution in [0.3, 0.4) is 0 Å². The van der Waals surface area contributed by atoms with Crippen LogP contribution in [0.1, 0.15) is 34.7 Å². The Labute approximate surface area is 198 Å². The second-order valence-corrected chi connectivity index (χ2v) is 8.43. The monoisotopic (exact) mass is 455 g/mol. The van der Waals surface area contributed by atoms with E-state index in [2.05, 4.69) is 62.0 Å². The average Bonchev–Trinajstić information content (AvgIpc) is 3.39. The molecule has 3 aromatic heterocycles. The van der Waals surface area contributed by atoms with E-state index < -0.39 is 0 Å². The molecule has 2 unspecified atom stereocenters. The van der Waals surface area contributed by atoms with Gasteiger partial charge in [0.15, 0.2) is 5.11 Å². The number of ether oxygens (including phenoxy) is 1. The van der Waals surface area contributed by atoms with E-state index >= 15 is 0 Å². The van der Waals surface area contributed by atoms with E-state index in [0.29, 0.717) is 11.7 Å². The molecule has 166 valence electrons. The van der Waals surface area contributed by atoms with E-state index in [1.807, 2.05) is 55.0 Å². The molecule has 1 aliphatic rings. The fraction of sp³-hybridized carbons (Fsp3) is 0.192. The fourth-order valence-corrected chi connectivity index (χ4v) is 4.76. The van der Waals surface area contributed by atoms with Gasteiger partial charge in [-0.3, -0.25) is 9.97 Å².